The molecule has 1 heterocycles. The molecule has 1 amide bonds. The Hall–Kier alpha value is -2.90. The van der Waals surface area contributed by atoms with Crippen LogP contribution in [0.2, 0.25) is 0 Å². The first-order valence-electron chi connectivity index (χ1n) is 8.81. The number of carbonyl (C=O) groups is 1. The Balaban J connectivity index is 1.64. The zero-order valence-electron chi connectivity index (χ0n) is 15.4. The molecule has 1 aromatic heterocycles. The molecule has 0 aliphatic heterocycles. The number of guanidine groups is 1. The number of nitrogens with one attached hydrogen (secondary N) is 3. The maximum Gasteiger partial charge on any atom is 0.251 e. The molecule has 0 radical (unpaired) electrons. The van der Waals surface area contributed by atoms with E-state index in [-0.39, 0.29) is 5.91 Å². The molecule has 0 atom stereocenters. The van der Waals surface area contributed by atoms with Gasteiger partial charge < -0.3 is 20.5 Å². The Kier molecular flexibility index (Phi) is 8.11. The molecule has 2 rings (SSSR count). The van der Waals surface area contributed by atoms with Gasteiger partial charge in [-0.1, -0.05) is 12.1 Å². The van der Waals surface area contributed by atoms with Gasteiger partial charge in [-0.3, -0.25) is 9.79 Å². The van der Waals surface area contributed by atoms with Crippen molar-refractivity contribution in [1.82, 2.24) is 30.7 Å². The highest BCUT2D eigenvalue weighted by molar-refractivity contribution is 5.94. The fourth-order valence-electron chi connectivity index (χ4n) is 2.52. The van der Waals surface area contributed by atoms with Crippen LogP contribution >= 0.6 is 0 Å². The van der Waals surface area contributed by atoms with Crippen molar-refractivity contribution in [2.75, 3.05) is 27.2 Å². The third-order valence-electron chi connectivity index (χ3n) is 3.95. The summed E-state index contributed by atoms with van der Waals surface area (Å²) in [5.41, 5.74) is 1.79. The van der Waals surface area contributed by atoms with Crippen LogP contribution in [-0.4, -0.2) is 53.8 Å². The summed E-state index contributed by atoms with van der Waals surface area (Å²) in [5.74, 6) is 0.723. The molecule has 0 bridgehead atoms. The van der Waals surface area contributed by atoms with Gasteiger partial charge in [0.1, 0.15) is 12.7 Å². The van der Waals surface area contributed by atoms with E-state index in [4.69, 9.17) is 0 Å². The first-order chi connectivity index (χ1) is 12.7. The largest absolute Gasteiger partial charge is 0.356 e. The normalized spacial score (nSPS) is 11.2. The summed E-state index contributed by atoms with van der Waals surface area (Å²) in [5, 5.41) is 16.8. The summed E-state index contributed by atoms with van der Waals surface area (Å²) in [7, 11) is 3.40. The lowest BCUT2D eigenvalue weighted by Crippen LogP contribution is -2.38. The van der Waals surface area contributed by atoms with Crippen LogP contribution in [-0.2, 0) is 13.0 Å². The van der Waals surface area contributed by atoms with E-state index in [9.17, 15) is 4.79 Å². The molecule has 2 aromatic rings. The Bertz CT molecular complexity index is 697. The van der Waals surface area contributed by atoms with E-state index in [2.05, 4.69) is 31.1 Å². The monoisotopic (exact) mass is 357 g/mol. The number of rotatable bonds is 9. The fourth-order valence-corrected chi connectivity index (χ4v) is 2.52. The maximum atomic E-state index is 11.7. The first kappa shape index (κ1) is 19.4. The minimum absolute atomic E-state index is 0.0660. The zero-order valence-corrected chi connectivity index (χ0v) is 15.4. The number of unbranched alkanes of at least 4 members (excludes halogenated alkanes) is 1. The van der Waals surface area contributed by atoms with Crippen LogP contribution < -0.4 is 16.0 Å². The molecule has 0 spiro atoms. The minimum atomic E-state index is -0.0660. The molecule has 140 valence electrons. The van der Waals surface area contributed by atoms with E-state index in [0.29, 0.717) is 5.56 Å². The Morgan fingerprint density at radius 1 is 1.15 bits per heavy atom. The highest BCUT2D eigenvalue weighted by Gasteiger charge is 2.04. The number of nitrogens with zero attached hydrogens (tertiary/aromatic N) is 4. The second kappa shape index (κ2) is 10.9. The number of amides is 1. The van der Waals surface area contributed by atoms with E-state index < -0.39 is 0 Å². The van der Waals surface area contributed by atoms with E-state index in [1.807, 2.05) is 28.8 Å². The fraction of sp³-hybridized carbons (Fsp3) is 0.444. The molecule has 3 N–H and O–H groups in total. The molecular weight excluding hydrogens is 330 g/mol. The molecule has 0 aliphatic carbocycles. The van der Waals surface area contributed by atoms with E-state index in [1.165, 1.54) is 0 Å². The van der Waals surface area contributed by atoms with Crippen molar-refractivity contribution in [3.8, 4) is 0 Å². The molecule has 0 fully saturated rings. The molecule has 0 aliphatic rings. The lowest BCUT2D eigenvalue weighted by Gasteiger charge is -2.12. The SMILES string of the molecule is CN=C(NCCCCn1cnnc1)NCCc1cccc(C(=O)NC)c1. The van der Waals surface area contributed by atoms with Gasteiger partial charge >= 0.3 is 0 Å². The van der Waals surface area contributed by atoms with Crippen molar-refractivity contribution in [1.29, 1.82) is 0 Å². The third-order valence-corrected chi connectivity index (χ3v) is 3.95. The van der Waals surface area contributed by atoms with Crippen LogP contribution in [0.15, 0.2) is 41.9 Å². The second-order valence-electron chi connectivity index (χ2n) is 5.86. The Morgan fingerprint density at radius 3 is 2.65 bits per heavy atom. The Labute approximate surface area is 154 Å². The smallest absolute Gasteiger partial charge is 0.251 e. The number of carbonyl (C=O) groups excluding carboxylic acids is 1. The van der Waals surface area contributed by atoms with Gasteiger partial charge in [0, 0.05) is 39.3 Å². The maximum absolute atomic E-state index is 11.7. The summed E-state index contributed by atoms with van der Waals surface area (Å²) in [6.07, 6.45) is 6.36. The van der Waals surface area contributed by atoms with Crippen LogP contribution in [0.25, 0.3) is 0 Å². The summed E-state index contributed by atoms with van der Waals surface area (Å²) in [4.78, 5) is 15.9. The third kappa shape index (κ3) is 6.54. The summed E-state index contributed by atoms with van der Waals surface area (Å²) in [6, 6.07) is 7.66. The predicted octanol–water partition coefficient (Wildman–Crippen LogP) is 0.826. The van der Waals surface area contributed by atoms with Crippen LogP contribution in [0.3, 0.4) is 0 Å². The summed E-state index contributed by atoms with van der Waals surface area (Å²) >= 11 is 0. The minimum Gasteiger partial charge on any atom is -0.356 e. The predicted molar refractivity (Wildman–Crippen MR) is 102 cm³/mol. The average molecular weight is 357 g/mol. The number of aryl methyl sites for hydroxylation is 1. The molecule has 0 saturated heterocycles. The molecule has 8 heteroatoms. The van der Waals surface area contributed by atoms with Gasteiger partial charge in [-0.25, -0.2) is 0 Å². The first-order valence-corrected chi connectivity index (χ1v) is 8.81. The van der Waals surface area contributed by atoms with Crippen molar-refractivity contribution >= 4 is 11.9 Å². The van der Waals surface area contributed by atoms with Gasteiger partial charge in [0.2, 0.25) is 0 Å². The summed E-state index contributed by atoms with van der Waals surface area (Å²) < 4.78 is 1.97. The van der Waals surface area contributed by atoms with Crippen molar-refractivity contribution in [2.45, 2.75) is 25.8 Å². The summed E-state index contributed by atoms with van der Waals surface area (Å²) in [6.45, 7) is 2.52. The molecule has 1 aromatic carbocycles. The molecule has 8 nitrogen and oxygen atoms in total. The van der Waals surface area contributed by atoms with Crippen LogP contribution in [0.5, 0.6) is 0 Å². The van der Waals surface area contributed by atoms with Gasteiger partial charge in [-0.15, -0.1) is 10.2 Å². The highest BCUT2D eigenvalue weighted by atomic mass is 16.1. The molecule has 0 unspecified atom stereocenters. The van der Waals surface area contributed by atoms with Crippen molar-refractivity contribution in [3.63, 3.8) is 0 Å². The lowest BCUT2D eigenvalue weighted by molar-refractivity contribution is 0.0963. The molecule has 26 heavy (non-hydrogen) atoms. The number of aromatic nitrogens is 3. The average Bonchev–Trinajstić information content (AvgIpc) is 3.19. The second-order valence-corrected chi connectivity index (χ2v) is 5.86. The number of hydrogen-bond acceptors (Lipinski definition) is 4. The van der Waals surface area contributed by atoms with E-state index in [0.717, 1.165) is 50.4 Å². The Morgan fingerprint density at radius 2 is 1.92 bits per heavy atom. The zero-order chi connectivity index (χ0) is 18.6. The van der Waals surface area contributed by atoms with Gasteiger partial charge in [-0.05, 0) is 37.0 Å². The van der Waals surface area contributed by atoms with Crippen LogP contribution in [0.4, 0.5) is 0 Å². The van der Waals surface area contributed by atoms with Gasteiger partial charge in [0.15, 0.2) is 5.96 Å². The van der Waals surface area contributed by atoms with Crippen molar-refractivity contribution in [2.24, 2.45) is 4.99 Å². The van der Waals surface area contributed by atoms with Gasteiger partial charge in [0.05, 0.1) is 0 Å². The van der Waals surface area contributed by atoms with E-state index in [1.54, 1.807) is 26.7 Å². The van der Waals surface area contributed by atoms with Crippen LogP contribution in [0, 0.1) is 0 Å². The topological polar surface area (TPSA) is 96.2 Å². The van der Waals surface area contributed by atoms with E-state index >= 15 is 0 Å². The molecule has 0 saturated carbocycles. The van der Waals surface area contributed by atoms with Crippen molar-refractivity contribution < 1.29 is 4.79 Å². The number of hydrogen-bond donors (Lipinski definition) is 3. The lowest BCUT2D eigenvalue weighted by atomic mass is 10.1. The highest BCUT2D eigenvalue weighted by Crippen LogP contribution is 2.05. The number of benzene rings is 1. The van der Waals surface area contributed by atoms with Crippen molar-refractivity contribution in [3.05, 3.63) is 48.0 Å². The number of aliphatic imine (C=N–C) groups is 1. The van der Waals surface area contributed by atoms with Crippen LogP contribution in [0.1, 0.15) is 28.8 Å². The van der Waals surface area contributed by atoms with Gasteiger partial charge in [0.25, 0.3) is 5.91 Å². The quantitative estimate of drug-likeness (QED) is 0.351. The van der Waals surface area contributed by atoms with Gasteiger partial charge in [-0.2, -0.15) is 0 Å². The standard InChI is InChI=1S/C18H27N7O/c1-19-17(26)16-7-5-6-15(12-16)8-10-22-18(20-2)21-9-3-4-11-25-13-23-24-14-25/h5-7,12-14H,3-4,8-11H2,1-2H3,(H,19,26)(H2,20,21,22). The molecular formula is C18H27N7O.